The molecule has 4 heteroatoms. The minimum absolute atomic E-state index is 0.589. The lowest BCUT2D eigenvalue weighted by atomic mass is 10.0. The van der Waals surface area contributed by atoms with Gasteiger partial charge in [0.15, 0.2) is 0 Å². The molecule has 2 nitrogen and oxygen atoms in total. The number of aliphatic hydroxyl groups is 1. The van der Waals surface area contributed by atoms with E-state index in [4.69, 9.17) is 0 Å². The molecule has 80 valence electrons. The topological polar surface area (TPSA) is 33.1 Å². The van der Waals surface area contributed by atoms with E-state index in [0.29, 0.717) is 6.42 Å². The molecule has 0 fully saturated rings. The van der Waals surface area contributed by atoms with E-state index in [0.717, 1.165) is 15.6 Å². The zero-order valence-corrected chi connectivity index (χ0v) is 10.4. The highest BCUT2D eigenvalue weighted by atomic mass is 32.1. The summed E-state index contributed by atoms with van der Waals surface area (Å²) >= 11 is 3.19. The second-order valence-electron chi connectivity index (χ2n) is 3.81. The Labute approximate surface area is 97.2 Å². The molecule has 0 bridgehead atoms. The fourth-order valence-corrected chi connectivity index (χ4v) is 3.16. The van der Waals surface area contributed by atoms with Crippen molar-refractivity contribution in [2.45, 2.75) is 25.9 Å². The van der Waals surface area contributed by atoms with Crippen LogP contribution in [0.1, 0.15) is 22.5 Å². The molecule has 0 aliphatic heterocycles. The fourth-order valence-electron chi connectivity index (χ4n) is 1.45. The van der Waals surface area contributed by atoms with Gasteiger partial charge in [-0.25, -0.2) is 4.98 Å². The summed E-state index contributed by atoms with van der Waals surface area (Å²) in [7, 11) is 0. The van der Waals surface area contributed by atoms with E-state index in [1.54, 1.807) is 22.7 Å². The normalized spacial score (nSPS) is 15.1. The quantitative estimate of drug-likeness (QED) is 0.893. The molecule has 0 spiro atoms. The van der Waals surface area contributed by atoms with Crippen LogP contribution in [-0.4, -0.2) is 10.1 Å². The number of aromatic nitrogens is 1. The number of hydrogen-bond acceptors (Lipinski definition) is 4. The van der Waals surface area contributed by atoms with Crippen molar-refractivity contribution < 1.29 is 5.11 Å². The monoisotopic (exact) mass is 239 g/mol. The van der Waals surface area contributed by atoms with Crippen molar-refractivity contribution in [3.63, 3.8) is 0 Å². The molecule has 0 radical (unpaired) electrons. The van der Waals surface area contributed by atoms with Crippen molar-refractivity contribution in [2.75, 3.05) is 0 Å². The maximum absolute atomic E-state index is 10.3. The molecule has 15 heavy (non-hydrogen) atoms. The van der Waals surface area contributed by atoms with Crippen LogP contribution in [0.25, 0.3) is 0 Å². The first kappa shape index (κ1) is 10.8. The van der Waals surface area contributed by atoms with Crippen LogP contribution in [0.5, 0.6) is 0 Å². The predicted molar refractivity (Wildman–Crippen MR) is 64.4 cm³/mol. The first-order valence-electron chi connectivity index (χ1n) is 4.75. The summed E-state index contributed by atoms with van der Waals surface area (Å²) in [6.45, 7) is 3.81. The Balaban J connectivity index is 2.18. The molecule has 0 aliphatic carbocycles. The second-order valence-corrected chi connectivity index (χ2v) is 5.70. The Morgan fingerprint density at radius 1 is 1.47 bits per heavy atom. The van der Waals surface area contributed by atoms with Crippen LogP contribution in [0, 0.1) is 6.92 Å². The summed E-state index contributed by atoms with van der Waals surface area (Å²) in [6.07, 6.45) is 0.589. The molecule has 1 N–H and O–H groups in total. The Bertz CT molecular complexity index is 431. The third kappa shape index (κ3) is 2.45. The van der Waals surface area contributed by atoms with E-state index in [9.17, 15) is 5.11 Å². The van der Waals surface area contributed by atoms with Gasteiger partial charge in [0.25, 0.3) is 0 Å². The largest absolute Gasteiger partial charge is 0.384 e. The number of thiazole rings is 1. The molecule has 1 atom stereocenters. The predicted octanol–water partition coefficient (Wildman–Crippen LogP) is 2.96. The Morgan fingerprint density at radius 3 is 2.80 bits per heavy atom. The summed E-state index contributed by atoms with van der Waals surface area (Å²) < 4.78 is 0. The first-order valence-corrected chi connectivity index (χ1v) is 6.51. The van der Waals surface area contributed by atoms with Crippen molar-refractivity contribution in [3.05, 3.63) is 38.5 Å². The van der Waals surface area contributed by atoms with Crippen LogP contribution in [0.4, 0.5) is 0 Å². The standard InChI is InChI=1S/C11H13NOS2/c1-8-7-15-10(12-8)6-11(2,13)9-4-3-5-14-9/h3-5,7,13H,6H2,1-2H3. The average molecular weight is 239 g/mol. The molecular weight excluding hydrogens is 226 g/mol. The van der Waals surface area contributed by atoms with Crippen LogP contribution >= 0.6 is 22.7 Å². The van der Waals surface area contributed by atoms with Gasteiger partial charge >= 0.3 is 0 Å². The van der Waals surface area contributed by atoms with Crippen LogP contribution in [0.2, 0.25) is 0 Å². The Kier molecular flexibility index (Phi) is 2.91. The fraction of sp³-hybridized carbons (Fsp3) is 0.364. The van der Waals surface area contributed by atoms with E-state index < -0.39 is 5.60 Å². The van der Waals surface area contributed by atoms with Gasteiger partial charge in [0.05, 0.1) is 5.01 Å². The van der Waals surface area contributed by atoms with E-state index in [2.05, 4.69) is 4.98 Å². The number of rotatable bonds is 3. The maximum Gasteiger partial charge on any atom is 0.102 e. The SMILES string of the molecule is Cc1csc(CC(C)(O)c2cccs2)n1. The van der Waals surface area contributed by atoms with E-state index in [1.807, 2.05) is 36.7 Å². The lowest BCUT2D eigenvalue weighted by Crippen LogP contribution is -2.22. The highest BCUT2D eigenvalue weighted by Gasteiger charge is 2.25. The van der Waals surface area contributed by atoms with Crippen LogP contribution in [-0.2, 0) is 12.0 Å². The molecule has 0 amide bonds. The molecule has 2 aromatic heterocycles. The highest BCUT2D eigenvalue weighted by molar-refractivity contribution is 7.10. The average Bonchev–Trinajstić information content (AvgIpc) is 2.75. The van der Waals surface area contributed by atoms with Crippen molar-refractivity contribution in [1.82, 2.24) is 4.98 Å². The summed E-state index contributed by atoms with van der Waals surface area (Å²) in [5.41, 5.74) is 0.232. The smallest absolute Gasteiger partial charge is 0.102 e. The van der Waals surface area contributed by atoms with Gasteiger partial charge < -0.3 is 5.11 Å². The third-order valence-corrected chi connectivity index (χ3v) is 4.30. The summed E-state index contributed by atoms with van der Waals surface area (Å²) in [4.78, 5) is 5.36. The van der Waals surface area contributed by atoms with Crippen molar-refractivity contribution in [1.29, 1.82) is 0 Å². The molecule has 2 aromatic rings. The molecule has 0 aliphatic rings. The molecule has 0 aromatic carbocycles. The van der Waals surface area contributed by atoms with Gasteiger partial charge in [-0.15, -0.1) is 22.7 Å². The molecular formula is C11H13NOS2. The van der Waals surface area contributed by atoms with Gasteiger partial charge in [0.2, 0.25) is 0 Å². The maximum atomic E-state index is 10.3. The molecule has 0 saturated heterocycles. The zero-order chi connectivity index (χ0) is 10.9. The summed E-state index contributed by atoms with van der Waals surface area (Å²) in [5, 5.41) is 15.3. The zero-order valence-electron chi connectivity index (χ0n) is 8.73. The number of hydrogen-bond donors (Lipinski definition) is 1. The molecule has 2 heterocycles. The lowest BCUT2D eigenvalue weighted by Gasteiger charge is -2.20. The van der Waals surface area contributed by atoms with Crippen molar-refractivity contribution in [2.24, 2.45) is 0 Å². The van der Waals surface area contributed by atoms with Crippen molar-refractivity contribution >= 4 is 22.7 Å². The van der Waals surface area contributed by atoms with Crippen LogP contribution in [0.3, 0.4) is 0 Å². The van der Waals surface area contributed by atoms with Gasteiger partial charge in [0, 0.05) is 22.4 Å². The Morgan fingerprint density at radius 2 is 2.27 bits per heavy atom. The lowest BCUT2D eigenvalue weighted by molar-refractivity contribution is 0.0614. The van der Waals surface area contributed by atoms with Gasteiger partial charge in [-0.3, -0.25) is 0 Å². The van der Waals surface area contributed by atoms with Gasteiger partial charge in [-0.05, 0) is 25.3 Å². The highest BCUT2D eigenvalue weighted by Crippen LogP contribution is 2.29. The first-order chi connectivity index (χ1) is 7.08. The van der Waals surface area contributed by atoms with Gasteiger partial charge in [-0.2, -0.15) is 0 Å². The summed E-state index contributed by atoms with van der Waals surface area (Å²) in [6, 6.07) is 3.92. The Hall–Kier alpha value is -0.710. The number of thiophene rings is 1. The number of nitrogens with zero attached hydrogens (tertiary/aromatic N) is 1. The molecule has 0 saturated carbocycles. The molecule has 1 unspecified atom stereocenters. The van der Waals surface area contributed by atoms with Crippen LogP contribution < -0.4 is 0 Å². The van der Waals surface area contributed by atoms with Gasteiger partial charge in [0.1, 0.15) is 5.60 Å². The third-order valence-electron chi connectivity index (χ3n) is 2.21. The number of aryl methyl sites for hydroxylation is 1. The van der Waals surface area contributed by atoms with E-state index in [1.165, 1.54) is 0 Å². The van der Waals surface area contributed by atoms with Crippen molar-refractivity contribution in [3.8, 4) is 0 Å². The minimum atomic E-state index is -0.793. The minimum Gasteiger partial charge on any atom is -0.384 e. The summed E-state index contributed by atoms with van der Waals surface area (Å²) in [5.74, 6) is 0. The van der Waals surface area contributed by atoms with E-state index >= 15 is 0 Å². The van der Waals surface area contributed by atoms with Gasteiger partial charge in [-0.1, -0.05) is 6.07 Å². The molecule has 2 rings (SSSR count). The van der Waals surface area contributed by atoms with E-state index in [-0.39, 0.29) is 0 Å². The van der Waals surface area contributed by atoms with Crippen LogP contribution in [0.15, 0.2) is 22.9 Å². The second kappa shape index (κ2) is 4.04.